The standard InChI is InChI=1S/C21H21F2N5/c1-4-11-24-13(2)25-14(3)26-21-17-7-5-6-8-19(17)27-20(28-21)16-10-9-15(22)12-18(16)23/h5-10,12H,3-4,11H2,1-2H3,(H,24,25)(H,26,27,28). The number of amidine groups is 1. The van der Waals surface area contributed by atoms with Crippen LogP contribution in [0.15, 0.2) is 59.9 Å². The molecule has 0 amide bonds. The van der Waals surface area contributed by atoms with E-state index >= 15 is 0 Å². The first kappa shape index (κ1) is 19.4. The molecule has 0 atom stereocenters. The summed E-state index contributed by atoms with van der Waals surface area (Å²) in [6.45, 7) is 8.56. The second-order valence-electron chi connectivity index (χ2n) is 6.23. The molecule has 0 saturated heterocycles. The number of aliphatic imine (C=N–C) groups is 1. The Balaban J connectivity index is 1.98. The lowest BCUT2D eigenvalue weighted by molar-refractivity contribution is 0.585. The molecule has 1 heterocycles. The molecule has 2 N–H and O–H groups in total. The lowest BCUT2D eigenvalue weighted by Crippen LogP contribution is -2.24. The molecule has 28 heavy (non-hydrogen) atoms. The highest BCUT2D eigenvalue weighted by atomic mass is 19.1. The number of fused-ring (bicyclic) bond motifs is 1. The van der Waals surface area contributed by atoms with Gasteiger partial charge in [0.05, 0.1) is 16.9 Å². The molecular weight excluding hydrogens is 360 g/mol. The first-order valence-electron chi connectivity index (χ1n) is 8.94. The number of benzene rings is 2. The van der Waals surface area contributed by atoms with Gasteiger partial charge in [-0.1, -0.05) is 25.6 Å². The summed E-state index contributed by atoms with van der Waals surface area (Å²) in [5, 5.41) is 6.92. The van der Waals surface area contributed by atoms with Crippen LogP contribution in [0.4, 0.5) is 14.6 Å². The predicted molar refractivity (Wildman–Crippen MR) is 109 cm³/mol. The molecule has 144 valence electrons. The molecule has 2 aromatic carbocycles. The summed E-state index contributed by atoms with van der Waals surface area (Å²) in [5.41, 5.74) is 0.748. The summed E-state index contributed by atoms with van der Waals surface area (Å²) < 4.78 is 27.5. The number of rotatable bonds is 6. The molecule has 5 nitrogen and oxygen atoms in total. The molecule has 0 aliphatic rings. The van der Waals surface area contributed by atoms with Gasteiger partial charge < -0.3 is 10.6 Å². The molecule has 0 saturated carbocycles. The Hall–Kier alpha value is -3.35. The summed E-state index contributed by atoms with van der Waals surface area (Å²) in [6.07, 6.45) is 0.946. The smallest absolute Gasteiger partial charge is 0.165 e. The van der Waals surface area contributed by atoms with Crippen molar-refractivity contribution >= 4 is 22.6 Å². The molecule has 7 heteroatoms. The van der Waals surface area contributed by atoms with E-state index in [2.05, 4.69) is 32.2 Å². The zero-order valence-corrected chi connectivity index (χ0v) is 15.8. The van der Waals surface area contributed by atoms with Crippen LogP contribution in [0.1, 0.15) is 20.3 Å². The van der Waals surface area contributed by atoms with E-state index in [1.807, 2.05) is 32.0 Å². The van der Waals surface area contributed by atoms with Gasteiger partial charge in [0.1, 0.15) is 23.3 Å². The highest BCUT2D eigenvalue weighted by Crippen LogP contribution is 2.27. The fraction of sp³-hybridized carbons (Fsp3) is 0.190. The third kappa shape index (κ3) is 4.49. The van der Waals surface area contributed by atoms with Crippen molar-refractivity contribution in [3.8, 4) is 11.4 Å². The van der Waals surface area contributed by atoms with Gasteiger partial charge in [-0.3, -0.25) is 4.99 Å². The highest BCUT2D eigenvalue weighted by Gasteiger charge is 2.14. The van der Waals surface area contributed by atoms with E-state index in [4.69, 9.17) is 0 Å². The van der Waals surface area contributed by atoms with Crippen molar-refractivity contribution in [3.05, 3.63) is 66.5 Å². The Labute approximate surface area is 162 Å². The minimum absolute atomic E-state index is 0.120. The number of nitrogens with zero attached hydrogens (tertiary/aromatic N) is 3. The van der Waals surface area contributed by atoms with Crippen molar-refractivity contribution in [3.63, 3.8) is 0 Å². The molecule has 3 aromatic rings. The van der Waals surface area contributed by atoms with E-state index in [-0.39, 0.29) is 11.4 Å². The topological polar surface area (TPSA) is 62.2 Å². The van der Waals surface area contributed by atoms with E-state index in [1.54, 1.807) is 6.07 Å². The number of nitrogens with one attached hydrogen (secondary N) is 2. The molecule has 0 spiro atoms. The molecule has 0 aliphatic heterocycles. The van der Waals surface area contributed by atoms with Crippen LogP contribution in [-0.4, -0.2) is 22.3 Å². The third-order valence-electron chi connectivity index (χ3n) is 3.95. The fourth-order valence-electron chi connectivity index (χ4n) is 2.67. The molecule has 1 aromatic heterocycles. The maximum Gasteiger partial charge on any atom is 0.165 e. The Morgan fingerprint density at radius 3 is 2.68 bits per heavy atom. The van der Waals surface area contributed by atoms with Crippen molar-refractivity contribution in [2.75, 3.05) is 11.9 Å². The van der Waals surface area contributed by atoms with Crippen LogP contribution in [0.25, 0.3) is 22.3 Å². The van der Waals surface area contributed by atoms with Gasteiger partial charge in [-0.15, -0.1) is 0 Å². The van der Waals surface area contributed by atoms with E-state index in [1.165, 1.54) is 12.1 Å². The number of hydrogen-bond acceptors (Lipinski definition) is 4. The van der Waals surface area contributed by atoms with Crippen LogP contribution in [0, 0.1) is 11.6 Å². The Bertz CT molecular complexity index is 1050. The van der Waals surface area contributed by atoms with E-state index < -0.39 is 11.6 Å². The van der Waals surface area contributed by atoms with Crippen molar-refractivity contribution in [2.24, 2.45) is 4.99 Å². The highest BCUT2D eigenvalue weighted by molar-refractivity contribution is 5.91. The lowest BCUT2D eigenvalue weighted by atomic mass is 10.1. The maximum atomic E-state index is 14.2. The number of hydrogen-bond donors (Lipinski definition) is 2. The van der Waals surface area contributed by atoms with Crippen LogP contribution >= 0.6 is 0 Å². The SMILES string of the molecule is C=C(NC(C)=NCCC)Nc1nc(-c2ccc(F)cc2F)nc2ccccc12. The van der Waals surface area contributed by atoms with Gasteiger partial charge in [-0.05, 0) is 37.6 Å². The minimum atomic E-state index is -0.722. The third-order valence-corrected chi connectivity index (χ3v) is 3.95. The summed E-state index contributed by atoms with van der Waals surface area (Å²) >= 11 is 0. The Kier molecular flexibility index (Phi) is 5.93. The molecule has 3 rings (SSSR count). The lowest BCUT2D eigenvalue weighted by Gasteiger charge is -2.14. The van der Waals surface area contributed by atoms with Gasteiger partial charge in [0, 0.05) is 18.0 Å². The zero-order chi connectivity index (χ0) is 20.1. The Morgan fingerprint density at radius 1 is 1.14 bits per heavy atom. The monoisotopic (exact) mass is 381 g/mol. The largest absolute Gasteiger partial charge is 0.331 e. The number of anilines is 1. The Morgan fingerprint density at radius 2 is 1.93 bits per heavy atom. The van der Waals surface area contributed by atoms with E-state index in [9.17, 15) is 8.78 Å². The first-order chi connectivity index (χ1) is 13.5. The van der Waals surface area contributed by atoms with Crippen LogP contribution < -0.4 is 10.6 Å². The summed E-state index contributed by atoms with van der Waals surface area (Å²) in [5.74, 6) is 0.447. The van der Waals surface area contributed by atoms with Gasteiger partial charge in [-0.25, -0.2) is 18.7 Å². The summed E-state index contributed by atoms with van der Waals surface area (Å²) in [4.78, 5) is 13.2. The molecular formula is C21H21F2N5. The van der Waals surface area contributed by atoms with Gasteiger partial charge in [0.15, 0.2) is 5.82 Å². The average molecular weight is 381 g/mol. The molecule has 0 unspecified atom stereocenters. The van der Waals surface area contributed by atoms with Crippen LogP contribution in [0.2, 0.25) is 0 Å². The molecule has 0 bridgehead atoms. The van der Waals surface area contributed by atoms with Gasteiger partial charge in [-0.2, -0.15) is 0 Å². The van der Waals surface area contributed by atoms with Gasteiger partial charge >= 0.3 is 0 Å². The van der Waals surface area contributed by atoms with Crippen LogP contribution in [0.3, 0.4) is 0 Å². The molecule has 0 fully saturated rings. The van der Waals surface area contributed by atoms with Crippen LogP contribution in [0.5, 0.6) is 0 Å². The first-order valence-corrected chi connectivity index (χ1v) is 8.94. The second-order valence-corrected chi connectivity index (χ2v) is 6.23. The summed E-state index contributed by atoms with van der Waals surface area (Å²) in [6, 6.07) is 10.7. The zero-order valence-electron chi connectivity index (χ0n) is 15.8. The maximum absolute atomic E-state index is 14.2. The average Bonchev–Trinajstić information content (AvgIpc) is 2.66. The second kappa shape index (κ2) is 8.56. The minimum Gasteiger partial charge on any atom is -0.331 e. The number of para-hydroxylation sites is 1. The van der Waals surface area contributed by atoms with Crippen molar-refractivity contribution in [1.82, 2.24) is 15.3 Å². The predicted octanol–water partition coefficient (Wildman–Crippen LogP) is 4.88. The normalized spacial score (nSPS) is 11.5. The fourth-order valence-corrected chi connectivity index (χ4v) is 2.67. The van der Waals surface area contributed by atoms with E-state index in [0.29, 0.717) is 17.2 Å². The number of aromatic nitrogens is 2. The quantitative estimate of drug-likeness (QED) is 0.472. The van der Waals surface area contributed by atoms with E-state index in [0.717, 1.165) is 30.3 Å². The van der Waals surface area contributed by atoms with Crippen LogP contribution in [-0.2, 0) is 0 Å². The van der Waals surface area contributed by atoms with Gasteiger partial charge in [0.25, 0.3) is 0 Å². The van der Waals surface area contributed by atoms with Crippen molar-refractivity contribution in [1.29, 1.82) is 0 Å². The molecule has 0 radical (unpaired) electrons. The summed E-state index contributed by atoms with van der Waals surface area (Å²) in [7, 11) is 0. The van der Waals surface area contributed by atoms with Crippen molar-refractivity contribution in [2.45, 2.75) is 20.3 Å². The van der Waals surface area contributed by atoms with Crippen molar-refractivity contribution < 1.29 is 8.78 Å². The van der Waals surface area contributed by atoms with Gasteiger partial charge in [0.2, 0.25) is 0 Å². The number of halogens is 2. The molecule has 0 aliphatic carbocycles.